The molecule has 0 aromatic carbocycles. The third kappa shape index (κ3) is 37.7. The lowest BCUT2D eigenvalue weighted by molar-refractivity contribution is -0.359. The molecule has 0 aliphatic carbocycles. The van der Waals surface area contributed by atoms with Gasteiger partial charge in [-0.25, -0.2) is 0 Å². The molecule has 2 aliphatic rings. The van der Waals surface area contributed by atoms with Gasteiger partial charge in [-0.05, 0) is 44.9 Å². The van der Waals surface area contributed by atoms with Gasteiger partial charge in [0.15, 0.2) is 12.6 Å². The van der Waals surface area contributed by atoms with Crippen molar-refractivity contribution >= 4 is 5.91 Å². The Labute approximate surface area is 500 Å². The number of amides is 1. The molecule has 0 saturated carbocycles. The van der Waals surface area contributed by atoms with Crippen molar-refractivity contribution in [2.45, 2.75) is 370 Å². The first-order chi connectivity index (χ1) is 40.1. The van der Waals surface area contributed by atoms with E-state index in [2.05, 4.69) is 43.5 Å². The molecule has 2 rings (SSSR count). The van der Waals surface area contributed by atoms with Gasteiger partial charge in [0.05, 0.1) is 32.0 Å². The summed E-state index contributed by atoms with van der Waals surface area (Å²) in [7, 11) is 0. The van der Waals surface area contributed by atoms with Crippen molar-refractivity contribution in [1.29, 1.82) is 0 Å². The first kappa shape index (κ1) is 76.3. The average Bonchev–Trinajstić information content (AvgIpc) is 3.53. The van der Waals surface area contributed by atoms with Crippen molar-refractivity contribution in [1.82, 2.24) is 5.32 Å². The fourth-order valence-electron chi connectivity index (χ4n) is 11.3. The standard InChI is InChI=1S/C68H127NO13/c1-3-5-7-9-11-13-15-17-19-21-22-23-24-25-26-27-28-29-30-31-32-33-34-35-36-37-39-41-43-45-47-49-51-57(72)56(69-60(73)52-50-48-46-44-42-40-38-20-18-16-14-12-10-8-6-4-2)55-79-67-65(78)63(76)66(59(54-71)81-67)82-68-64(77)62(75)61(74)58(53-70)80-68/h35-36,41,43,49,51,56-59,61-68,70-72,74-78H,3-34,37-40,42,44-48,50,52-55H2,1-2H3,(H,69,73)/b36-35+,43-41+,51-49+. The minimum absolute atomic E-state index is 0.249. The molecule has 12 unspecified atom stereocenters. The van der Waals surface area contributed by atoms with Crippen molar-refractivity contribution in [3.8, 4) is 0 Å². The monoisotopic (exact) mass is 1170 g/mol. The second kappa shape index (κ2) is 53.4. The molecule has 0 aromatic rings. The first-order valence-electron chi connectivity index (χ1n) is 34.2. The van der Waals surface area contributed by atoms with E-state index in [0.29, 0.717) is 12.8 Å². The molecule has 9 N–H and O–H groups in total. The summed E-state index contributed by atoms with van der Waals surface area (Å²) in [5.41, 5.74) is 0. The van der Waals surface area contributed by atoms with Crippen LogP contribution in [0, 0.1) is 0 Å². The molecule has 12 atom stereocenters. The summed E-state index contributed by atoms with van der Waals surface area (Å²) in [5.74, 6) is -0.249. The summed E-state index contributed by atoms with van der Waals surface area (Å²) in [6, 6.07) is -0.936. The van der Waals surface area contributed by atoms with Crippen LogP contribution < -0.4 is 5.32 Å². The Morgan fingerprint density at radius 1 is 0.427 bits per heavy atom. The highest BCUT2D eigenvalue weighted by Gasteiger charge is 2.51. The number of hydrogen-bond acceptors (Lipinski definition) is 13. The largest absolute Gasteiger partial charge is 0.394 e. The molecule has 0 bridgehead atoms. The van der Waals surface area contributed by atoms with Crippen LogP contribution >= 0.6 is 0 Å². The van der Waals surface area contributed by atoms with Gasteiger partial charge in [-0.15, -0.1) is 0 Å². The molecular formula is C68H127NO13. The second-order valence-corrected chi connectivity index (χ2v) is 24.3. The van der Waals surface area contributed by atoms with Gasteiger partial charge >= 0.3 is 0 Å². The highest BCUT2D eigenvalue weighted by atomic mass is 16.7. The fourth-order valence-corrected chi connectivity index (χ4v) is 11.3. The number of carbonyl (C=O) groups excluding carboxylic acids is 1. The molecule has 0 aromatic heterocycles. The van der Waals surface area contributed by atoms with Gasteiger partial charge in [0, 0.05) is 6.42 Å². The maximum Gasteiger partial charge on any atom is 0.220 e. The zero-order valence-electron chi connectivity index (χ0n) is 52.2. The smallest absolute Gasteiger partial charge is 0.220 e. The van der Waals surface area contributed by atoms with E-state index < -0.39 is 86.8 Å². The van der Waals surface area contributed by atoms with Gasteiger partial charge in [0.1, 0.15) is 48.8 Å². The van der Waals surface area contributed by atoms with Crippen LogP contribution in [0.1, 0.15) is 296 Å². The van der Waals surface area contributed by atoms with Crippen molar-refractivity contribution in [2.75, 3.05) is 19.8 Å². The van der Waals surface area contributed by atoms with E-state index in [1.807, 2.05) is 6.08 Å². The van der Waals surface area contributed by atoms with Crippen LogP contribution in [-0.4, -0.2) is 140 Å². The molecule has 82 heavy (non-hydrogen) atoms. The Hall–Kier alpha value is -1.79. The summed E-state index contributed by atoms with van der Waals surface area (Å²) >= 11 is 0. The van der Waals surface area contributed by atoms with Crippen molar-refractivity contribution in [3.05, 3.63) is 36.5 Å². The molecule has 14 heteroatoms. The highest BCUT2D eigenvalue weighted by Crippen LogP contribution is 2.30. The third-order valence-electron chi connectivity index (χ3n) is 16.8. The normalized spacial score (nSPS) is 24.1. The van der Waals surface area contributed by atoms with Gasteiger partial charge in [-0.1, -0.05) is 281 Å². The predicted molar refractivity (Wildman–Crippen MR) is 332 cm³/mol. The van der Waals surface area contributed by atoms with E-state index in [-0.39, 0.29) is 18.9 Å². The minimum Gasteiger partial charge on any atom is -0.394 e. The lowest BCUT2D eigenvalue weighted by Gasteiger charge is -2.46. The van der Waals surface area contributed by atoms with Gasteiger partial charge in [-0.3, -0.25) is 4.79 Å². The molecule has 0 spiro atoms. The number of carbonyl (C=O) groups is 1. The van der Waals surface area contributed by atoms with E-state index in [4.69, 9.17) is 18.9 Å². The zero-order chi connectivity index (χ0) is 59.5. The molecular weight excluding hydrogens is 1040 g/mol. The summed E-state index contributed by atoms with van der Waals surface area (Å²) in [6.07, 6.45) is 50.7. The molecule has 2 heterocycles. The van der Waals surface area contributed by atoms with Crippen LogP contribution in [0.25, 0.3) is 0 Å². The SMILES string of the molecule is CCCCCCCCCCCCCCCCCCCCCCCC/C=C/CC/C=C/CC/C=C/C(O)C(COC1OC(CO)C(OC2OC(CO)C(O)C(O)C2O)C(O)C1O)NC(=O)CCCCCCCCCCCCCCCCCC. The number of unbranched alkanes of at least 4 members (excludes halogenated alkanes) is 39. The number of hydrogen-bond donors (Lipinski definition) is 9. The van der Waals surface area contributed by atoms with Gasteiger partial charge in [-0.2, -0.15) is 0 Å². The van der Waals surface area contributed by atoms with Crippen LogP contribution in [0.15, 0.2) is 36.5 Å². The van der Waals surface area contributed by atoms with Crippen LogP contribution in [0.2, 0.25) is 0 Å². The Morgan fingerprint density at radius 3 is 1.20 bits per heavy atom. The molecule has 2 saturated heterocycles. The van der Waals surface area contributed by atoms with Crippen LogP contribution in [0.5, 0.6) is 0 Å². The van der Waals surface area contributed by atoms with Crippen molar-refractivity contribution in [2.24, 2.45) is 0 Å². The van der Waals surface area contributed by atoms with E-state index in [1.54, 1.807) is 6.08 Å². The van der Waals surface area contributed by atoms with Crippen molar-refractivity contribution in [3.63, 3.8) is 0 Å². The van der Waals surface area contributed by atoms with Gasteiger partial charge < -0.3 is 65.1 Å². The molecule has 2 fully saturated rings. The van der Waals surface area contributed by atoms with Gasteiger partial charge in [0.2, 0.25) is 5.91 Å². The first-order valence-corrected chi connectivity index (χ1v) is 34.2. The van der Waals surface area contributed by atoms with E-state index in [1.165, 1.54) is 218 Å². The topological polar surface area (TPSA) is 228 Å². The average molecular weight is 1170 g/mol. The fraction of sp³-hybridized carbons (Fsp3) is 0.897. The summed E-state index contributed by atoms with van der Waals surface area (Å²) in [4.78, 5) is 13.3. The number of aliphatic hydroxyl groups excluding tert-OH is 8. The van der Waals surface area contributed by atoms with E-state index in [0.717, 1.165) is 44.9 Å². The third-order valence-corrected chi connectivity index (χ3v) is 16.8. The highest BCUT2D eigenvalue weighted by molar-refractivity contribution is 5.76. The van der Waals surface area contributed by atoms with Crippen molar-refractivity contribution < 1.29 is 64.6 Å². The maximum absolute atomic E-state index is 13.3. The molecule has 14 nitrogen and oxygen atoms in total. The van der Waals surface area contributed by atoms with Crippen LogP contribution in [0.3, 0.4) is 0 Å². The number of nitrogens with one attached hydrogen (secondary N) is 1. The quantitative estimate of drug-likeness (QED) is 0.0204. The predicted octanol–water partition coefficient (Wildman–Crippen LogP) is 13.3. The Balaban J connectivity index is 1.69. The lowest BCUT2D eigenvalue weighted by Crippen LogP contribution is -2.65. The molecule has 1 amide bonds. The number of ether oxygens (including phenoxy) is 4. The second-order valence-electron chi connectivity index (χ2n) is 24.3. The summed E-state index contributed by atoms with van der Waals surface area (Å²) < 4.78 is 22.8. The van der Waals surface area contributed by atoms with Crippen LogP contribution in [0.4, 0.5) is 0 Å². The summed E-state index contributed by atoms with van der Waals surface area (Å²) in [5, 5.41) is 87.2. The summed E-state index contributed by atoms with van der Waals surface area (Å²) in [6.45, 7) is 2.81. The molecule has 0 radical (unpaired) electrons. The van der Waals surface area contributed by atoms with Gasteiger partial charge in [0.25, 0.3) is 0 Å². The molecule has 482 valence electrons. The Morgan fingerprint density at radius 2 is 0.780 bits per heavy atom. The molecule has 2 aliphatic heterocycles. The number of aliphatic hydroxyl groups is 8. The van der Waals surface area contributed by atoms with E-state index >= 15 is 0 Å². The zero-order valence-corrected chi connectivity index (χ0v) is 52.2. The van der Waals surface area contributed by atoms with E-state index in [9.17, 15) is 45.6 Å². The Kier molecular flexibility index (Phi) is 49.7. The number of rotatable bonds is 56. The number of allylic oxidation sites excluding steroid dienone is 5. The Bertz CT molecular complexity index is 1510. The maximum atomic E-state index is 13.3. The lowest BCUT2D eigenvalue weighted by atomic mass is 9.97. The minimum atomic E-state index is -1.79. The van der Waals surface area contributed by atoms with Crippen LogP contribution in [-0.2, 0) is 23.7 Å².